The number of fused-ring (bicyclic) bond motifs is 2. The smallest absolute Gasteiger partial charge is 0.224 e. The molecule has 0 saturated carbocycles. The van der Waals surface area contributed by atoms with Gasteiger partial charge in [-0.1, -0.05) is 38.1 Å². The van der Waals surface area contributed by atoms with Crippen LogP contribution in [0.2, 0.25) is 0 Å². The topological polar surface area (TPSA) is 63.4 Å². The molecule has 0 saturated heterocycles. The van der Waals surface area contributed by atoms with E-state index in [1.807, 2.05) is 48.7 Å². The van der Waals surface area contributed by atoms with Crippen molar-refractivity contribution < 1.29 is 14.3 Å². The number of H-pyrrole nitrogens is 1. The number of carbonyl (C=O) groups excluding carboxylic acids is 1. The third-order valence-electron chi connectivity index (χ3n) is 5.14. The van der Waals surface area contributed by atoms with Gasteiger partial charge < -0.3 is 19.8 Å². The third kappa shape index (κ3) is 3.84. The number of aromatic amines is 1. The summed E-state index contributed by atoms with van der Waals surface area (Å²) in [6.45, 7) is 5.54. The molecule has 1 atom stereocenters. The molecule has 146 valence electrons. The Labute approximate surface area is 165 Å². The van der Waals surface area contributed by atoms with Gasteiger partial charge in [-0.2, -0.15) is 0 Å². The molecule has 5 heteroatoms. The molecule has 3 aromatic rings. The van der Waals surface area contributed by atoms with Crippen molar-refractivity contribution >= 4 is 16.8 Å². The minimum atomic E-state index is -0.0881. The van der Waals surface area contributed by atoms with E-state index in [4.69, 9.17) is 9.47 Å². The first-order chi connectivity index (χ1) is 13.6. The normalized spacial score (nSPS) is 14.7. The molecule has 5 nitrogen and oxygen atoms in total. The quantitative estimate of drug-likeness (QED) is 0.692. The Bertz CT molecular complexity index is 977. The minimum Gasteiger partial charge on any atom is -0.490 e. The van der Waals surface area contributed by atoms with E-state index in [-0.39, 0.29) is 17.9 Å². The maximum absolute atomic E-state index is 12.8. The molecule has 28 heavy (non-hydrogen) atoms. The summed E-state index contributed by atoms with van der Waals surface area (Å²) in [4.78, 5) is 16.0. The molecule has 0 aliphatic carbocycles. The van der Waals surface area contributed by atoms with Crippen molar-refractivity contribution in [1.82, 2.24) is 10.3 Å². The van der Waals surface area contributed by atoms with Crippen molar-refractivity contribution in [3.05, 3.63) is 59.8 Å². The van der Waals surface area contributed by atoms with Gasteiger partial charge in [0.05, 0.1) is 25.7 Å². The summed E-state index contributed by atoms with van der Waals surface area (Å²) < 4.78 is 11.5. The number of aromatic nitrogens is 1. The Balaban J connectivity index is 1.52. The molecule has 0 fully saturated rings. The van der Waals surface area contributed by atoms with Crippen LogP contribution >= 0.6 is 0 Å². The van der Waals surface area contributed by atoms with E-state index in [9.17, 15) is 4.79 Å². The summed E-state index contributed by atoms with van der Waals surface area (Å²) >= 11 is 0. The molecular formula is C23H26N2O3. The van der Waals surface area contributed by atoms with Gasteiger partial charge >= 0.3 is 0 Å². The number of hydrogen-bond acceptors (Lipinski definition) is 3. The molecule has 1 aliphatic rings. The second-order valence-corrected chi connectivity index (χ2v) is 7.58. The Morgan fingerprint density at radius 1 is 1.11 bits per heavy atom. The Hall–Kier alpha value is -2.95. The third-order valence-corrected chi connectivity index (χ3v) is 5.14. The van der Waals surface area contributed by atoms with Gasteiger partial charge in [-0.05, 0) is 35.2 Å². The number of hydrogen-bond donors (Lipinski definition) is 2. The average Bonchev–Trinajstić information content (AvgIpc) is 2.94. The highest BCUT2D eigenvalue weighted by atomic mass is 16.5. The van der Waals surface area contributed by atoms with Gasteiger partial charge in [-0.25, -0.2) is 0 Å². The van der Waals surface area contributed by atoms with Crippen LogP contribution in [0.5, 0.6) is 11.5 Å². The fraction of sp³-hybridized carbons (Fsp3) is 0.348. The van der Waals surface area contributed by atoms with Crippen LogP contribution in [0.25, 0.3) is 10.9 Å². The van der Waals surface area contributed by atoms with Crippen LogP contribution in [0.4, 0.5) is 0 Å². The molecule has 0 bridgehead atoms. The van der Waals surface area contributed by atoms with Crippen molar-refractivity contribution in [2.24, 2.45) is 5.92 Å². The second kappa shape index (κ2) is 7.97. The predicted molar refractivity (Wildman–Crippen MR) is 110 cm³/mol. The summed E-state index contributed by atoms with van der Waals surface area (Å²) in [5, 5.41) is 4.30. The summed E-state index contributed by atoms with van der Waals surface area (Å²) in [6, 6.07) is 13.9. The fourth-order valence-corrected chi connectivity index (χ4v) is 3.68. The van der Waals surface area contributed by atoms with E-state index in [2.05, 4.69) is 24.1 Å². The lowest BCUT2D eigenvalue weighted by molar-refractivity contribution is -0.121. The fourth-order valence-electron chi connectivity index (χ4n) is 3.68. The monoisotopic (exact) mass is 378 g/mol. The van der Waals surface area contributed by atoms with Gasteiger partial charge in [0, 0.05) is 23.5 Å². The SMILES string of the molecule is CC(C)C(NC(=O)Cc1c[nH]c2ccccc12)c1ccc2c(c1)OCCCO2. The highest BCUT2D eigenvalue weighted by Gasteiger charge is 2.21. The number of benzene rings is 2. The Kier molecular flexibility index (Phi) is 5.24. The molecule has 2 aromatic carbocycles. The lowest BCUT2D eigenvalue weighted by Gasteiger charge is -2.24. The average molecular weight is 378 g/mol. The zero-order valence-corrected chi connectivity index (χ0v) is 16.3. The molecule has 2 heterocycles. The molecule has 2 N–H and O–H groups in total. The molecule has 0 radical (unpaired) electrons. The van der Waals surface area contributed by atoms with Gasteiger partial charge in [0.25, 0.3) is 0 Å². The zero-order chi connectivity index (χ0) is 19.5. The summed E-state index contributed by atoms with van der Waals surface area (Å²) in [5.41, 5.74) is 3.09. The van der Waals surface area contributed by atoms with Crippen LogP contribution < -0.4 is 14.8 Å². The molecule has 1 unspecified atom stereocenters. The van der Waals surface area contributed by atoms with Crippen LogP contribution in [0.15, 0.2) is 48.7 Å². The largest absolute Gasteiger partial charge is 0.490 e. The molecule has 1 aliphatic heterocycles. The van der Waals surface area contributed by atoms with E-state index in [1.165, 1.54) is 0 Å². The van der Waals surface area contributed by atoms with Crippen LogP contribution in [0.3, 0.4) is 0 Å². The number of ether oxygens (including phenoxy) is 2. The minimum absolute atomic E-state index is 0.00978. The van der Waals surface area contributed by atoms with Crippen molar-refractivity contribution in [3.8, 4) is 11.5 Å². The van der Waals surface area contributed by atoms with Gasteiger partial charge in [-0.3, -0.25) is 4.79 Å². The van der Waals surface area contributed by atoms with Gasteiger partial charge in [0.1, 0.15) is 0 Å². The van der Waals surface area contributed by atoms with E-state index < -0.39 is 0 Å². The number of para-hydroxylation sites is 1. The zero-order valence-electron chi connectivity index (χ0n) is 16.3. The van der Waals surface area contributed by atoms with Crippen molar-refractivity contribution in [3.63, 3.8) is 0 Å². The lowest BCUT2D eigenvalue weighted by Crippen LogP contribution is -2.32. The van der Waals surface area contributed by atoms with Crippen LogP contribution in [-0.4, -0.2) is 24.1 Å². The highest BCUT2D eigenvalue weighted by Crippen LogP contribution is 2.34. The number of rotatable bonds is 5. The molecule has 4 rings (SSSR count). The number of nitrogens with one attached hydrogen (secondary N) is 2. The number of carbonyl (C=O) groups is 1. The Morgan fingerprint density at radius 2 is 1.89 bits per heavy atom. The van der Waals surface area contributed by atoms with Crippen molar-refractivity contribution in [2.75, 3.05) is 13.2 Å². The Morgan fingerprint density at radius 3 is 2.71 bits per heavy atom. The molecule has 1 aromatic heterocycles. The maximum atomic E-state index is 12.8. The maximum Gasteiger partial charge on any atom is 0.224 e. The first-order valence-electron chi connectivity index (χ1n) is 9.85. The number of amides is 1. The molecular weight excluding hydrogens is 352 g/mol. The van der Waals surface area contributed by atoms with Crippen molar-refractivity contribution in [1.29, 1.82) is 0 Å². The standard InChI is InChI=1S/C23H26N2O3/c1-15(2)23(16-8-9-20-21(12-16)28-11-5-10-27-20)25-22(26)13-17-14-24-19-7-4-3-6-18(17)19/h3-4,6-9,12,14-15,23-24H,5,10-11,13H2,1-2H3,(H,25,26). The lowest BCUT2D eigenvalue weighted by atomic mass is 9.95. The van der Waals surface area contributed by atoms with Gasteiger partial charge in [-0.15, -0.1) is 0 Å². The predicted octanol–water partition coefficient (Wildman–Crippen LogP) is 4.39. The summed E-state index contributed by atoms with van der Waals surface area (Å²) in [6.07, 6.45) is 3.14. The molecule has 0 spiro atoms. The van der Waals surface area contributed by atoms with E-state index in [0.29, 0.717) is 19.6 Å². The second-order valence-electron chi connectivity index (χ2n) is 7.58. The first-order valence-corrected chi connectivity index (χ1v) is 9.85. The van der Waals surface area contributed by atoms with E-state index in [0.717, 1.165) is 39.9 Å². The summed E-state index contributed by atoms with van der Waals surface area (Å²) in [5.74, 6) is 1.78. The highest BCUT2D eigenvalue weighted by molar-refractivity contribution is 5.89. The van der Waals surface area contributed by atoms with Gasteiger partial charge in [0.2, 0.25) is 5.91 Å². The first kappa shape index (κ1) is 18.4. The van der Waals surface area contributed by atoms with Crippen LogP contribution in [0, 0.1) is 5.92 Å². The van der Waals surface area contributed by atoms with E-state index >= 15 is 0 Å². The molecule has 1 amide bonds. The van der Waals surface area contributed by atoms with Crippen molar-refractivity contribution in [2.45, 2.75) is 32.7 Å². The van der Waals surface area contributed by atoms with E-state index in [1.54, 1.807) is 0 Å². The van der Waals surface area contributed by atoms with Gasteiger partial charge in [0.15, 0.2) is 11.5 Å². The summed E-state index contributed by atoms with van der Waals surface area (Å²) in [7, 11) is 0. The van der Waals surface area contributed by atoms with Crippen LogP contribution in [-0.2, 0) is 11.2 Å². The van der Waals surface area contributed by atoms with Crippen LogP contribution in [0.1, 0.15) is 37.4 Å².